The lowest BCUT2D eigenvalue weighted by molar-refractivity contribution is -0.137. The van der Waals surface area contributed by atoms with Gasteiger partial charge in [0.05, 0.1) is 5.92 Å². The van der Waals surface area contributed by atoms with E-state index in [1.165, 1.54) is 0 Å². The van der Waals surface area contributed by atoms with Gasteiger partial charge in [-0.2, -0.15) is 0 Å². The Morgan fingerprint density at radius 1 is 0.870 bits per heavy atom. The SMILES string of the molecule is Cc1cc(Oc2c(C)cccc2C)cc(C)c1OC(=O)C(C)C. The van der Waals surface area contributed by atoms with Gasteiger partial charge in [-0.1, -0.05) is 32.0 Å². The van der Waals surface area contributed by atoms with E-state index in [9.17, 15) is 4.79 Å². The third kappa shape index (κ3) is 3.92. The van der Waals surface area contributed by atoms with E-state index in [1.54, 1.807) is 0 Å². The van der Waals surface area contributed by atoms with Gasteiger partial charge < -0.3 is 9.47 Å². The first-order chi connectivity index (χ1) is 10.8. The summed E-state index contributed by atoms with van der Waals surface area (Å²) in [6, 6.07) is 9.88. The number of esters is 1. The van der Waals surface area contributed by atoms with Crippen LogP contribution in [0.25, 0.3) is 0 Å². The molecule has 0 amide bonds. The molecule has 0 aliphatic rings. The van der Waals surface area contributed by atoms with Crippen LogP contribution in [0.4, 0.5) is 0 Å². The average molecular weight is 312 g/mol. The maximum absolute atomic E-state index is 11.8. The van der Waals surface area contributed by atoms with Crippen LogP contribution in [0.15, 0.2) is 30.3 Å². The lowest BCUT2D eigenvalue weighted by Crippen LogP contribution is -2.16. The number of hydrogen-bond acceptors (Lipinski definition) is 3. The highest BCUT2D eigenvalue weighted by atomic mass is 16.5. The summed E-state index contributed by atoms with van der Waals surface area (Å²) in [6.07, 6.45) is 0. The second-order valence-corrected chi connectivity index (χ2v) is 6.28. The predicted molar refractivity (Wildman–Crippen MR) is 92.4 cm³/mol. The van der Waals surface area contributed by atoms with Gasteiger partial charge in [0.25, 0.3) is 0 Å². The first kappa shape index (κ1) is 17.1. The summed E-state index contributed by atoms with van der Waals surface area (Å²) in [5.41, 5.74) is 3.96. The van der Waals surface area contributed by atoms with Crippen molar-refractivity contribution in [2.24, 2.45) is 5.92 Å². The largest absolute Gasteiger partial charge is 0.457 e. The van der Waals surface area contributed by atoms with Crippen molar-refractivity contribution >= 4 is 5.97 Å². The highest BCUT2D eigenvalue weighted by Crippen LogP contribution is 2.34. The molecule has 0 saturated carbocycles. The first-order valence-corrected chi connectivity index (χ1v) is 7.86. The van der Waals surface area contributed by atoms with Crippen molar-refractivity contribution in [2.75, 3.05) is 0 Å². The third-order valence-electron chi connectivity index (χ3n) is 3.74. The summed E-state index contributed by atoms with van der Waals surface area (Å²) in [5.74, 6) is 1.87. The van der Waals surface area contributed by atoms with Crippen LogP contribution in [0.3, 0.4) is 0 Å². The highest BCUT2D eigenvalue weighted by Gasteiger charge is 2.15. The molecule has 0 saturated heterocycles. The molecule has 0 aromatic heterocycles. The minimum absolute atomic E-state index is 0.153. The van der Waals surface area contributed by atoms with Gasteiger partial charge >= 0.3 is 5.97 Å². The Labute approximate surface area is 138 Å². The summed E-state index contributed by atoms with van der Waals surface area (Å²) < 4.78 is 11.6. The van der Waals surface area contributed by atoms with Gasteiger partial charge in [-0.3, -0.25) is 4.79 Å². The standard InChI is InChI=1S/C20H24O3/c1-12(2)20(21)23-19-15(5)10-17(11-16(19)6)22-18-13(3)8-7-9-14(18)4/h7-12H,1-6H3. The van der Waals surface area contributed by atoms with Crippen molar-refractivity contribution in [2.45, 2.75) is 41.5 Å². The Morgan fingerprint density at radius 3 is 1.87 bits per heavy atom. The van der Waals surface area contributed by atoms with Gasteiger partial charge in [0.2, 0.25) is 0 Å². The van der Waals surface area contributed by atoms with Gasteiger partial charge in [0, 0.05) is 0 Å². The van der Waals surface area contributed by atoms with E-state index in [2.05, 4.69) is 0 Å². The van der Waals surface area contributed by atoms with Crippen LogP contribution in [0, 0.1) is 33.6 Å². The molecular weight excluding hydrogens is 288 g/mol. The zero-order chi connectivity index (χ0) is 17.1. The van der Waals surface area contributed by atoms with Crippen LogP contribution in [-0.4, -0.2) is 5.97 Å². The molecule has 2 aromatic carbocycles. The van der Waals surface area contributed by atoms with Crippen LogP contribution in [0.1, 0.15) is 36.1 Å². The Morgan fingerprint density at radius 2 is 1.39 bits per heavy atom. The first-order valence-electron chi connectivity index (χ1n) is 7.86. The molecule has 0 N–H and O–H groups in total. The number of benzene rings is 2. The van der Waals surface area contributed by atoms with Crippen molar-refractivity contribution in [1.82, 2.24) is 0 Å². The molecule has 0 aliphatic carbocycles. The second kappa shape index (κ2) is 6.86. The average Bonchev–Trinajstić information content (AvgIpc) is 2.46. The quantitative estimate of drug-likeness (QED) is 0.569. The van der Waals surface area contributed by atoms with Crippen LogP contribution >= 0.6 is 0 Å². The zero-order valence-electron chi connectivity index (χ0n) is 14.7. The Balaban J connectivity index is 2.31. The topological polar surface area (TPSA) is 35.5 Å². The van der Waals surface area contributed by atoms with Gasteiger partial charge in [0.1, 0.15) is 17.2 Å². The minimum atomic E-state index is -0.223. The van der Waals surface area contributed by atoms with Crippen molar-refractivity contribution < 1.29 is 14.3 Å². The van der Waals surface area contributed by atoms with Crippen molar-refractivity contribution in [3.63, 3.8) is 0 Å². The number of ether oxygens (including phenoxy) is 2. The number of carbonyl (C=O) groups is 1. The van der Waals surface area contributed by atoms with E-state index in [0.717, 1.165) is 33.8 Å². The summed E-state index contributed by atoms with van der Waals surface area (Å²) >= 11 is 0. The van der Waals surface area contributed by atoms with Gasteiger partial charge in [-0.05, 0) is 62.1 Å². The normalized spacial score (nSPS) is 10.7. The Kier molecular flexibility index (Phi) is 5.09. The fourth-order valence-corrected chi connectivity index (χ4v) is 2.43. The fourth-order valence-electron chi connectivity index (χ4n) is 2.43. The highest BCUT2D eigenvalue weighted by molar-refractivity contribution is 5.75. The zero-order valence-corrected chi connectivity index (χ0v) is 14.7. The Bertz CT molecular complexity index is 686. The van der Waals surface area contributed by atoms with E-state index in [0.29, 0.717) is 5.75 Å². The Hall–Kier alpha value is -2.29. The smallest absolute Gasteiger partial charge is 0.313 e. The van der Waals surface area contributed by atoms with Crippen LogP contribution < -0.4 is 9.47 Å². The molecule has 2 rings (SSSR count). The van der Waals surface area contributed by atoms with Crippen LogP contribution in [0.2, 0.25) is 0 Å². The van der Waals surface area contributed by atoms with E-state index in [1.807, 2.05) is 71.9 Å². The second-order valence-electron chi connectivity index (χ2n) is 6.28. The van der Waals surface area contributed by atoms with Crippen LogP contribution in [0.5, 0.6) is 17.2 Å². The molecular formula is C20H24O3. The molecule has 0 unspecified atom stereocenters. The fraction of sp³-hybridized carbons (Fsp3) is 0.350. The summed E-state index contributed by atoms with van der Waals surface area (Å²) in [4.78, 5) is 11.8. The van der Waals surface area contributed by atoms with Gasteiger partial charge in [0.15, 0.2) is 0 Å². The molecule has 0 bridgehead atoms. The van der Waals surface area contributed by atoms with E-state index >= 15 is 0 Å². The number of carbonyl (C=O) groups excluding carboxylic acids is 1. The third-order valence-corrected chi connectivity index (χ3v) is 3.74. The number of hydrogen-bond donors (Lipinski definition) is 0. The maximum Gasteiger partial charge on any atom is 0.313 e. The van der Waals surface area contributed by atoms with E-state index in [-0.39, 0.29) is 11.9 Å². The molecule has 0 aliphatic heterocycles. The summed E-state index contributed by atoms with van der Waals surface area (Å²) in [7, 11) is 0. The molecule has 2 aromatic rings. The maximum atomic E-state index is 11.8. The van der Waals surface area contributed by atoms with Crippen molar-refractivity contribution in [3.8, 4) is 17.2 Å². The van der Waals surface area contributed by atoms with E-state index in [4.69, 9.17) is 9.47 Å². The van der Waals surface area contributed by atoms with Crippen molar-refractivity contribution in [3.05, 3.63) is 52.6 Å². The monoisotopic (exact) mass is 312 g/mol. The lowest BCUT2D eigenvalue weighted by atomic mass is 10.1. The van der Waals surface area contributed by atoms with E-state index < -0.39 is 0 Å². The van der Waals surface area contributed by atoms with Gasteiger partial charge in [-0.25, -0.2) is 0 Å². The summed E-state index contributed by atoms with van der Waals surface area (Å²) in [5, 5.41) is 0. The molecule has 3 heteroatoms. The van der Waals surface area contributed by atoms with Crippen molar-refractivity contribution in [1.29, 1.82) is 0 Å². The minimum Gasteiger partial charge on any atom is -0.457 e. The number of aryl methyl sites for hydroxylation is 4. The lowest BCUT2D eigenvalue weighted by Gasteiger charge is -2.16. The molecule has 0 atom stereocenters. The van der Waals surface area contributed by atoms with Gasteiger partial charge in [-0.15, -0.1) is 0 Å². The molecule has 0 fully saturated rings. The molecule has 0 heterocycles. The summed E-state index contributed by atoms with van der Waals surface area (Å²) in [6.45, 7) is 11.6. The van der Waals surface area contributed by atoms with Crippen LogP contribution in [-0.2, 0) is 4.79 Å². The molecule has 3 nitrogen and oxygen atoms in total. The number of rotatable bonds is 4. The predicted octanol–water partition coefficient (Wildman–Crippen LogP) is 5.27. The molecule has 0 radical (unpaired) electrons. The molecule has 23 heavy (non-hydrogen) atoms. The molecule has 0 spiro atoms. The number of para-hydroxylation sites is 1. The molecule has 122 valence electrons.